The average molecular weight is 346 g/mol. The van der Waals surface area contributed by atoms with Crippen molar-refractivity contribution in [1.29, 1.82) is 0 Å². The van der Waals surface area contributed by atoms with Crippen LogP contribution in [0.25, 0.3) is 0 Å². The fourth-order valence-corrected chi connectivity index (χ4v) is 3.17. The van der Waals surface area contributed by atoms with Crippen molar-refractivity contribution in [1.82, 2.24) is 5.32 Å². The number of hydrogen-bond donors (Lipinski definition) is 2. The Morgan fingerprint density at radius 2 is 1.91 bits per heavy atom. The highest BCUT2D eigenvalue weighted by Crippen LogP contribution is 2.27. The van der Waals surface area contributed by atoms with E-state index in [1.165, 1.54) is 11.3 Å². The number of anilines is 2. The van der Waals surface area contributed by atoms with Gasteiger partial charge in [-0.05, 0) is 61.0 Å². The van der Waals surface area contributed by atoms with Crippen molar-refractivity contribution in [3.63, 3.8) is 0 Å². The van der Waals surface area contributed by atoms with E-state index in [9.17, 15) is 0 Å². The zero-order valence-corrected chi connectivity index (χ0v) is 14.5. The molecule has 2 aromatic carbocycles. The van der Waals surface area contributed by atoms with Crippen LogP contribution in [-0.2, 0) is 6.42 Å². The molecule has 0 unspecified atom stereocenters. The van der Waals surface area contributed by atoms with Crippen molar-refractivity contribution < 1.29 is 0 Å². The monoisotopic (exact) mass is 345 g/mol. The zero-order valence-electron chi connectivity index (χ0n) is 12.9. The van der Waals surface area contributed by atoms with Crippen LogP contribution >= 0.6 is 23.8 Å². The normalized spacial score (nSPS) is 12.8. The van der Waals surface area contributed by atoms with Gasteiger partial charge in [-0.25, -0.2) is 0 Å². The average Bonchev–Trinajstić information content (AvgIpc) is 2.97. The predicted octanol–water partition coefficient (Wildman–Crippen LogP) is 4.08. The van der Waals surface area contributed by atoms with E-state index in [2.05, 4.69) is 39.8 Å². The van der Waals surface area contributed by atoms with Crippen molar-refractivity contribution in [3.8, 4) is 0 Å². The molecule has 0 aliphatic carbocycles. The van der Waals surface area contributed by atoms with Gasteiger partial charge < -0.3 is 15.5 Å². The van der Waals surface area contributed by atoms with E-state index in [-0.39, 0.29) is 0 Å². The molecule has 0 bridgehead atoms. The first-order valence-electron chi connectivity index (χ1n) is 7.85. The van der Waals surface area contributed by atoms with E-state index >= 15 is 0 Å². The van der Waals surface area contributed by atoms with Gasteiger partial charge in [-0.3, -0.25) is 0 Å². The largest absolute Gasteiger partial charge is 0.371 e. The van der Waals surface area contributed by atoms with Crippen molar-refractivity contribution in [2.24, 2.45) is 0 Å². The molecule has 0 atom stereocenters. The van der Waals surface area contributed by atoms with Gasteiger partial charge in [0.05, 0.1) is 0 Å². The van der Waals surface area contributed by atoms with Gasteiger partial charge in [0.1, 0.15) is 0 Å². The number of rotatable bonds is 5. The van der Waals surface area contributed by atoms with E-state index < -0.39 is 0 Å². The topological polar surface area (TPSA) is 27.3 Å². The molecule has 0 saturated heterocycles. The van der Waals surface area contributed by atoms with Crippen LogP contribution in [0.3, 0.4) is 0 Å². The molecule has 1 heterocycles. The van der Waals surface area contributed by atoms with Crippen LogP contribution in [0.4, 0.5) is 11.4 Å². The molecule has 5 heteroatoms. The van der Waals surface area contributed by atoms with Gasteiger partial charge in [0.25, 0.3) is 0 Å². The number of nitrogens with one attached hydrogen (secondary N) is 2. The number of fused-ring (bicyclic) bond motifs is 1. The van der Waals surface area contributed by atoms with E-state index in [1.807, 2.05) is 24.3 Å². The fraction of sp³-hybridized carbons (Fsp3) is 0.278. The van der Waals surface area contributed by atoms with Crippen LogP contribution in [0.15, 0.2) is 48.5 Å². The first-order chi connectivity index (χ1) is 11.2. The summed E-state index contributed by atoms with van der Waals surface area (Å²) in [5.41, 5.74) is 3.79. The number of nitrogens with zero attached hydrogens (tertiary/aromatic N) is 1. The molecule has 0 saturated carbocycles. The quantitative estimate of drug-likeness (QED) is 0.630. The molecule has 0 spiro atoms. The molecule has 1 aliphatic heterocycles. The Kier molecular flexibility index (Phi) is 5.36. The Hall–Kier alpha value is -1.78. The third kappa shape index (κ3) is 4.36. The molecule has 120 valence electrons. The molecule has 3 rings (SSSR count). The lowest BCUT2D eigenvalue weighted by Gasteiger charge is -2.19. The summed E-state index contributed by atoms with van der Waals surface area (Å²) in [6.45, 7) is 3.03. The lowest BCUT2D eigenvalue weighted by Crippen LogP contribution is -2.31. The van der Waals surface area contributed by atoms with Crippen LogP contribution in [0.5, 0.6) is 0 Å². The van der Waals surface area contributed by atoms with Crippen molar-refractivity contribution in [3.05, 3.63) is 59.1 Å². The molecular weight excluding hydrogens is 326 g/mol. The molecule has 0 radical (unpaired) electrons. The minimum atomic E-state index is 0.647. The smallest absolute Gasteiger partial charge is 0.170 e. The second-order valence-corrected chi connectivity index (χ2v) is 6.45. The summed E-state index contributed by atoms with van der Waals surface area (Å²) in [6, 6.07) is 16.2. The van der Waals surface area contributed by atoms with Crippen LogP contribution in [-0.4, -0.2) is 24.7 Å². The van der Waals surface area contributed by atoms with Crippen molar-refractivity contribution in [2.75, 3.05) is 29.9 Å². The van der Waals surface area contributed by atoms with Gasteiger partial charge in [-0.2, -0.15) is 0 Å². The summed E-state index contributed by atoms with van der Waals surface area (Å²) in [7, 11) is 0. The molecule has 2 N–H and O–H groups in total. The predicted molar refractivity (Wildman–Crippen MR) is 103 cm³/mol. The Morgan fingerprint density at radius 3 is 2.74 bits per heavy atom. The SMILES string of the molecule is S=C(NCCCN1CCc2ccccc21)Nc1ccc(Cl)cc1. The standard InChI is InChI=1S/C18H20ClN3S/c19-15-6-8-16(9-7-15)21-18(23)20-11-3-12-22-13-10-14-4-1-2-5-17(14)22/h1-2,4-9H,3,10-13H2,(H2,20,21,23). The van der Waals surface area contributed by atoms with Gasteiger partial charge in [0.15, 0.2) is 5.11 Å². The number of halogens is 1. The number of hydrogen-bond acceptors (Lipinski definition) is 2. The molecule has 2 aromatic rings. The molecule has 3 nitrogen and oxygen atoms in total. The molecule has 1 aliphatic rings. The third-order valence-corrected chi connectivity index (χ3v) is 4.47. The highest BCUT2D eigenvalue weighted by atomic mass is 35.5. The second-order valence-electron chi connectivity index (χ2n) is 5.61. The lowest BCUT2D eigenvalue weighted by atomic mass is 10.2. The van der Waals surface area contributed by atoms with Gasteiger partial charge in [-0.1, -0.05) is 29.8 Å². The summed E-state index contributed by atoms with van der Waals surface area (Å²) in [5.74, 6) is 0. The molecule has 23 heavy (non-hydrogen) atoms. The first kappa shape index (κ1) is 16.1. The van der Waals surface area contributed by atoms with E-state index in [0.29, 0.717) is 5.11 Å². The minimum absolute atomic E-state index is 0.647. The summed E-state index contributed by atoms with van der Waals surface area (Å²) in [5, 5.41) is 7.79. The number of thiocarbonyl (C=S) groups is 1. The van der Waals surface area contributed by atoms with E-state index in [0.717, 1.165) is 43.2 Å². The summed E-state index contributed by atoms with van der Waals surface area (Å²) in [6.07, 6.45) is 2.21. The lowest BCUT2D eigenvalue weighted by molar-refractivity contribution is 0.730. The Morgan fingerprint density at radius 1 is 1.13 bits per heavy atom. The molecule has 0 amide bonds. The summed E-state index contributed by atoms with van der Waals surface area (Å²) < 4.78 is 0. The van der Waals surface area contributed by atoms with Gasteiger partial charge in [0.2, 0.25) is 0 Å². The highest BCUT2D eigenvalue weighted by Gasteiger charge is 2.17. The van der Waals surface area contributed by atoms with Crippen LogP contribution in [0.2, 0.25) is 5.02 Å². The van der Waals surface area contributed by atoms with Gasteiger partial charge >= 0.3 is 0 Å². The molecule has 0 aromatic heterocycles. The van der Waals surface area contributed by atoms with E-state index in [4.69, 9.17) is 23.8 Å². The maximum Gasteiger partial charge on any atom is 0.170 e. The summed E-state index contributed by atoms with van der Waals surface area (Å²) in [4.78, 5) is 2.45. The fourth-order valence-electron chi connectivity index (χ4n) is 2.82. The van der Waals surface area contributed by atoms with Crippen molar-refractivity contribution in [2.45, 2.75) is 12.8 Å². The van der Waals surface area contributed by atoms with Gasteiger partial charge in [-0.15, -0.1) is 0 Å². The maximum absolute atomic E-state index is 5.87. The van der Waals surface area contributed by atoms with Crippen LogP contribution in [0, 0.1) is 0 Å². The van der Waals surface area contributed by atoms with Crippen LogP contribution < -0.4 is 15.5 Å². The summed E-state index contributed by atoms with van der Waals surface area (Å²) >= 11 is 11.2. The van der Waals surface area contributed by atoms with Crippen LogP contribution in [0.1, 0.15) is 12.0 Å². The Bertz CT molecular complexity index is 672. The second kappa shape index (κ2) is 7.66. The molecule has 0 fully saturated rings. The Balaban J connectivity index is 1.39. The Labute approximate surface area is 147 Å². The van der Waals surface area contributed by atoms with E-state index in [1.54, 1.807) is 0 Å². The van der Waals surface area contributed by atoms with Crippen molar-refractivity contribution >= 4 is 40.3 Å². The number of benzene rings is 2. The highest BCUT2D eigenvalue weighted by molar-refractivity contribution is 7.80. The minimum Gasteiger partial charge on any atom is -0.371 e. The van der Waals surface area contributed by atoms with Gasteiger partial charge in [0, 0.05) is 36.0 Å². The first-order valence-corrected chi connectivity index (χ1v) is 8.64. The molecular formula is C18H20ClN3S. The zero-order chi connectivity index (χ0) is 16.1. The third-order valence-electron chi connectivity index (χ3n) is 3.98. The maximum atomic E-state index is 5.87. The number of para-hydroxylation sites is 1.